The Kier molecular flexibility index (Phi) is 7.07. The number of para-hydroxylation sites is 2. The number of allylic oxidation sites excluding steroid dienone is 2. The number of anilines is 2. The van der Waals surface area contributed by atoms with Crippen LogP contribution in [-0.4, -0.2) is 11.0 Å². The molecule has 136 valence electrons. The van der Waals surface area contributed by atoms with Gasteiger partial charge in [-0.05, 0) is 36.5 Å². The van der Waals surface area contributed by atoms with Crippen molar-refractivity contribution in [3.05, 3.63) is 71.4 Å². The molecule has 0 radical (unpaired) electrons. The molecule has 0 fully saturated rings. The SMILES string of the molecule is N#CC(C#N)=C(C#N)Nc1ccccc1C(=O)NNC(=S)Nc1ccccc1. The Balaban J connectivity index is 2.10. The van der Waals surface area contributed by atoms with E-state index in [9.17, 15) is 4.79 Å². The minimum Gasteiger partial charge on any atom is -0.344 e. The van der Waals surface area contributed by atoms with Crippen molar-refractivity contribution in [1.29, 1.82) is 15.8 Å². The number of nitrogens with zero attached hydrogens (tertiary/aromatic N) is 3. The van der Waals surface area contributed by atoms with E-state index in [0.29, 0.717) is 0 Å². The third kappa shape index (κ3) is 5.30. The lowest BCUT2D eigenvalue weighted by Gasteiger charge is -2.14. The predicted octanol–water partition coefficient (Wildman–Crippen LogP) is 2.55. The van der Waals surface area contributed by atoms with Gasteiger partial charge in [0.05, 0.1) is 11.3 Å². The molecule has 0 aliphatic carbocycles. The molecule has 28 heavy (non-hydrogen) atoms. The second-order valence-corrected chi connectivity index (χ2v) is 5.56. The maximum atomic E-state index is 12.5. The summed E-state index contributed by atoms with van der Waals surface area (Å²) in [7, 11) is 0. The second kappa shape index (κ2) is 9.93. The molecule has 9 heteroatoms. The van der Waals surface area contributed by atoms with E-state index in [1.165, 1.54) is 6.07 Å². The third-order valence-corrected chi connectivity index (χ3v) is 3.54. The first-order valence-corrected chi connectivity index (χ1v) is 8.23. The van der Waals surface area contributed by atoms with Gasteiger partial charge in [-0.2, -0.15) is 15.8 Å². The molecule has 8 nitrogen and oxygen atoms in total. The predicted molar refractivity (Wildman–Crippen MR) is 107 cm³/mol. The number of thiocarbonyl (C=S) groups is 1. The van der Waals surface area contributed by atoms with Crippen LogP contribution in [0.5, 0.6) is 0 Å². The highest BCUT2D eigenvalue weighted by molar-refractivity contribution is 7.80. The molecule has 0 saturated heterocycles. The maximum absolute atomic E-state index is 12.5. The highest BCUT2D eigenvalue weighted by Crippen LogP contribution is 2.18. The standard InChI is InChI=1S/C19H13N7OS/c20-10-13(11-21)17(12-22)24-16-9-5-4-8-15(16)18(27)25-26-19(28)23-14-6-2-1-3-7-14/h1-9,24H,(H,25,27)(H2,23,26,28). The molecule has 0 bridgehead atoms. The zero-order valence-corrected chi connectivity index (χ0v) is 15.2. The molecule has 0 heterocycles. The van der Waals surface area contributed by atoms with Gasteiger partial charge < -0.3 is 10.6 Å². The summed E-state index contributed by atoms with van der Waals surface area (Å²) in [6, 6.07) is 20.5. The number of carbonyl (C=O) groups excluding carboxylic acids is 1. The Morgan fingerprint density at radius 2 is 1.46 bits per heavy atom. The normalized spacial score (nSPS) is 8.89. The first-order chi connectivity index (χ1) is 13.6. The molecule has 1 amide bonds. The lowest BCUT2D eigenvalue weighted by atomic mass is 10.1. The minimum atomic E-state index is -0.534. The molecule has 4 N–H and O–H groups in total. The summed E-state index contributed by atoms with van der Waals surface area (Å²) in [5, 5.41) is 32.7. The number of nitrogens with one attached hydrogen (secondary N) is 4. The van der Waals surface area contributed by atoms with Gasteiger partial charge in [-0.25, -0.2) is 0 Å². The lowest BCUT2D eigenvalue weighted by molar-refractivity contribution is 0.0945. The Hall–Kier alpha value is -4.39. The molecule has 0 aliphatic heterocycles. The number of amides is 1. The summed E-state index contributed by atoms with van der Waals surface area (Å²) in [4.78, 5) is 12.5. The van der Waals surface area contributed by atoms with E-state index >= 15 is 0 Å². The van der Waals surface area contributed by atoms with Crippen molar-refractivity contribution >= 4 is 34.6 Å². The first-order valence-electron chi connectivity index (χ1n) is 7.82. The number of hydrazine groups is 1. The van der Waals surface area contributed by atoms with Crippen LogP contribution in [0, 0.1) is 34.0 Å². The van der Waals surface area contributed by atoms with Gasteiger partial charge in [0.25, 0.3) is 5.91 Å². The number of benzene rings is 2. The zero-order valence-electron chi connectivity index (χ0n) is 14.4. The average Bonchev–Trinajstić information content (AvgIpc) is 2.73. The van der Waals surface area contributed by atoms with Crippen molar-refractivity contribution in [2.75, 3.05) is 10.6 Å². The van der Waals surface area contributed by atoms with Crippen molar-refractivity contribution in [2.24, 2.45) is 0 Å². The van der Waals surface area contributed by atoms with E-state index in [0.717, 1.165) is 5.69 Å². The van der Waals surface area contributed by atoms with Gasteiger partial charge in [0.2, 0.25) is 0 Å². The number of hydrogen-bond acceptors (Lipinski definition) is 6. The van der Waals surface area contributed by atoms with E-state index < -0.39 is 5.91 Å². The van der Waals surface area contributed by atoms with Crippen LogP contribution in [0.15, 0.2) is 65.9 Å². The monoisotopic (exact) mass is 387 g/mol. The third-order valence-electron chi connectivity index (χ3n) is 3.34. The summed E-state index contributed by atoms with van der Waals surface area (Å²) in [5.41, 5.74) is 5.58. The van der Waals surface area contributed by atoms with Gasteiger partial charge in [0.15, 0.2) is 10.7 Å². The van der Waals surface area contributed by atoms with Crippen LogP contribution in [-0.2, 0) is 0 Å². The largest absolute Gasteiger partial charge is 0.344 e. The van der Waals surface area contributed by atoms with Gasteiger partial charge in [-0.15, -0.1) is 0 Å². The number of nitriles is 3. The highest BCUT2D eigenvalue weighted by Gasteiger charge is 2.14. The van der Waals surface area contributed by atoms with Crippen LogP contribution < -0.4 is 21.5 Å². The Bertz CT molecular complexity index is 1030. The van der Waals surface area contributed by atoms with Crippen LogP contribution in [0.1, 0.15) is 10.4 Å². The van der Waals surface area contributed by atoms with Crippen LogP contribution in [0.2, 0.25) is 0 Å². The molecule has 0 unspecified atom stereocenters. The number of hydrogen-bond donors (Lipinski definition) is 4. The van der Waals surface area contributed by atoms with Crippen LogP contribution in [0.3, 0.4) is 0 Å². The number of rotatable bonds is 4. The summed E-state index contributed by atoms with van der Waals surface area (Å²) in [5.74, 6) is -0.534. The van der Waals surface area contributed by atoms with Crippen molar-refractivity contribution in [3.8, 4) is 18.2 Å². The molecule has 0 aromatic heterocycles. The Labute approximate surface area is 166 Å². The zero-order chi connectivity index (χ0) is 20.4. The van der Waals surface area contributed by atoms with Gasteiger partial charge in [0.1, 0.15) is 23.9 Å². The molecule has 0 aliphatic rings. The molecule has 2 aromatic rings. The summed E-state index contributed by atoms with van der Waals surface area (Å²) in [6.45, 7) is 0. The van der Waals surface area contributed by atoms with E-state index in [1.54, 1.807) is 36.4 Å². The molecular weight excluding hydrogens is 374 g/mol. The summed E-state index contributed by atoms with van der Waals surface area (Å²) in [6.07, 6.45) is 0. The molecular formula is C19H13N7OS. The quantitative estimate of drug-likeness (QED) is 0.357. The molecule has 2 aromatic carbocycles. The van der Waals surface area contributed by atoms with E-state index in [-0.39, 0.29) is 27.6 Å². The fourth-order valence-corrected chi connectivity index (χ4v) is 2.24. The summed E-state index contributed by atoms with van der Waals surface area (Å²) < 4.78 is 0. The molecule has 0 spiro atoms. The smallest absolute Gasteiger partial charge is 0.271 e. The van der Waals surface area contributed by atoms with Crippen LogP contribution in [0.25, 0.3) is 0 Å². The van der Waals surface area contributed by atoms with E-state index in [4.69, 9.17) is 28.0 Å². The van der Waals surface area contributed by atoms with Gasteiger partial charge in [-0.1, -0.05) is 30.3 Å². The van der Waals surface area contributed by atoms with E-state index in [2.05, 4.69) is 21.5 Å². The van der Waals surface area contributed by atoms with Crippen molar-refractivity contribution in [1.82, 2.24) is 10.9 Å². The van der Waals surface area contributed by atoms with Gasteiger partial charge >= 0.3 is 0 Å². The number of carbonyl (C=O) groups is 1. The molecule has 2 rings (SSSR count). The molecule has 0 atom stereocenters. The maximum Gasteiger partial charge on any atom is 0.271 e. The van der Waals surface area contributed by atoms with Crippen LogP contribution >= 0.6 is 12.2 Å². The fourth-order valence-electron chi connectivity index (χ4n) is 2.07. The Morgan fingerprint density at radius 1 is 0.821 bits per heavy atom. The minimum absolute atomic E-state index is 0.179. The van der Waals surface area contributed by atoms with Gasteiger partial charge in [-0.3, -0.25) is 15.6 Å². The topological polar surface area (TPSA) is 137 Å². The highest BCUT2D eigenvalue weighted by atomic mass is 32.1. The average molecular weight is 387 g/mol. The Morgan fingerprint density at radius 3 is 2.11 bits per heavy atom. The van der Waals surface area contributed by atoms with Crippen molar-refractivity contribution in [2.45, 2.75) is 0 Å². The molecule has 0 saturated carbocycles. The van der Waals surface area contributed by atoms with E-state index in [1.807, 2.05) is 30.3 Å². The lowest BCUT2D eigenvalue weighted by Crippen LogP contribution is -2.43. The fraction of sp³-hybridized carbons (Fsp3) is 0. The van der Waals surface area contributed by atoms with Crippen molar-refractivity contribution < 1.29 is 4.79 Å². The summed E-state index contributed by atoms with van der Waals surface area (Å²) >= 11 is 5.12. The first kappa shape index (κ1) is 19.9. The van der Waals surface area contributed by atoms with Gasteiger partial charge in [0, 0.05) is 5.69 Å². The van der Waals surface area contributed by atoms with Crippen molar-refractivity contribution in [3.63, 3.8) is 0 Å². The second-order valence-electron chi connectivity index (χ2n) is 5.16. The van der Waals surface area contributed by atoms with Crippen LogP contribution in [0.4, 0.5) is 11.4 Å².